The fourth-order valence-electron chi connectivity index (χ4n) is 2.52. The first-order chi connectivity index (χ1) is 12.7. The van der Waals surface area contributed by atoms with E-state index in [2.05, 4.69) is 5.32 Å². The van der Waals surface area contributed by atoms with E-state index in [4.69, 9.17) is 16.3 Å². The Balaban J connectivity index is 2.10. The average molecular weight is 410 g/mol. The van der Waals surface area contributed by atoms with Gasteiger partial charge in [0, 0.05) is 0 Å². The molecule has 8 heteroatoms. The number of rotatable bonds is 6. The van der Waals surface area contributed by atoms with Gasteiger partial charge >= 0.3 is 5.97 Å². The van der Waals surface area contributed by atoms with Gasteiger partial charge in [-0.25, -0.2) is 13.2 Å². The standard InChI is InChI=1S/C19H20ClNO5S/c1-4-27(24,25)16-8-6-5-7-14(16)19(23)26-11-17(22)21-18-13(3)9-12(2)10-15(18)20/h5-10H,4,11H2,1-3H3,(H,21,22). The Bertz CT molecular complexity index is 962. The molecule has 0 saturated heterocycles. The molecule has 0 heterocycles. The van der Waals surface area contributed by atoms with Crippen molar-refractivity contribution in [3.63, 3.8) is 0 Å². The van der Waals surface area contributed by atoms with Gasteiger partial charge in [0.2, 0.25) is 0 Å². The second kappa shape index (κ2) is 8.54. The molecule has 1 amide bonds. The third-order valence-corrected chi connectivity index (χ3v) is 5.94. The van der Waals surface area contributed by atoms with E-state index in [1.807, 2.05) is 13.0 Å². The van der Waals surface area contributed by atoms with Gasteiger partial charge in [0.15, 0.2) is 16.4 Å². The van der Waals surface area contributed by atoms with Crippen LogP contribution in [0.1, 0.15) is 28.4 Å². The highest BCUT2D eigenvalue weighted by molar-refractivity contribution is 7.91. The van der Waals surface area contributed by atoms with Gasteiger partial charge < -0.3 is 10.1 Å². The molecule has 0 aliphatic carbocycles. The van der Waals surface area contributed by atoms with Crippen LogP contribution in [0.3, 0.4) is 0 Å². The molecule has 0 radical (unpaired) electrons. The lowest BCUT2D eigenvalue weighted by Crippen LogP contribution is -2.22. The Morgan fingerprint density at radius 2 is 1.81 bits per heavy atom. The molecule has 2 rings (SSSR count). The van der Waals surface area contributed by atoms with Crippen LogP contribution in [0.25, 0.3) is 0 Å². The topological polar surface area (TPSA) is 89.5 Å². The number of hydrogen-bond acceptors (Lipinski definition) is 5. The highest BCUT2D eigenvalue weighted by Crippen LogP contribution is 2.27. The lowest BCUT2D eigenvalue weighted by molar-refractivity contribution is -0.119. The normalized spacial score (nSPS) is 11.1. The van der Waals surface area contributed by atoms with Crippen LogP contribution in [-0.2, 0) is 19.4 Å². The van der Waals surface area contributed by atoms with Gasteiger partial charge in [-0.05, 0) is 43.2 Å². The van der Waals surface area contributed by atoms with Crippen LogP contribution in [-0.4, -0.2) is 32.7 Å². The molecule has 0 fully saturated rings. The number of anilines is 1. The summed E-state index contributed by atoms with van der Waals surface area (Å²) in [5.41, 5.74) is 2.07. The number of sulfone groups is 1. The van der Waals surface area contributed by atoms with Crippen LogP contribution in [0.4, 0.5) is 5.69 Å². The van der Waals surface area contributed by atoms with Crippen LogP contribution >= 0.6 is 11.6 Å². The number of carbonyl (C=O) groups is 2. The molecule has 27 heavy (non-hydrogen) atoms. The summed E-state index contributed by atoms with van der Waals surface area (Å²) >= 11 is 6.14. The number of halogens is 1. The van der Waals surface area contributed by atoms with Crippen LogP contribution in [0, 0.1) is 13.8 Å². The second-order valence-corrected chi connectivity index (χ2v) is 8.62. The molecule has 0 bridgehead atoms. The maximum Gasteiger partial charge on any atom is 0.339 e. The Morgan fingerprint density at radius 3 is 2.44 bits per heavy atom. The minimum absolute atomic E-state index is 0.100. The SMILES string of the molecule is CCS(=O)(=O)c1ccccc1C(=O)OCC(=O)Nc1c(C)cc(C)cc1Cl. The Labute approximate surface area is 163 Å². The molecule has 144 valence electrons. The fourth-order valence-corrected chi connectivity index (χ4v) is 3.97. The number of carbonyl (C=O) groups excluding carboxylic acids is 2. The van der Waals surface area contributed by atoms with Gasteiger partial charge in [-0.15, -0.1) is 0 Å². The minimum Gasteiger partial charge on any atom is -0.452 e. The van der Waals surface area contributed by atoms with Gasteiger partial charge in [-0.1, -0.05) is 36.7 Å². The zero-order valence-corrected chi connectivity index (χ0v) is 16.8. The first-order valence-corrected chi connectivity index (χ1v) is 10.2. The van der Waals surface area contributed by atoms with Crippen molar-refractivity contribution < 1.29 is 22.7 Å². The van der Waals surface area contributed by atoms with Crippen molar-refractivity contribution >= 4 is 39.0 Å². The molecule has 0 atom stereocenters. The van der Waals surface area contributed by atoms with Crippen molar-refractivity contribution in [2.24, 2.45) is 0 Å². The number of hydrogen-bond donors (Lipinski definition) is 1. The maximum atomic E-state index is 12.3. The van der Waals surface area contributed by atoms with E-state index < -0.39 is 28.3 Å². The number of benzene rings is 2. The van der Waals surface area contributed by atoms with Crippen molar-refractivity contribution in [3.05, 3.63) is 58.1 Å². The minimum atomic E-state index is -3.60. The van der Waals surface area contributed by atoms with Crippen LogP contribution < -0.4 is 5.32 Å². The van der Waals surface area contributed by atoms with Gasteiger partial charge in [0.1, 0.15) is 0 Å². The third kappa shape index (κ3) is 5.08. The van der Waals surface area contributed by atoms with Crippen LogP contribution in [0.5, 0.6) is 0 Å². The fraction of sp³-hybridized carbons (Fsp3) is 0.263. The lowest BCUT2D eigenvalue weighted by atomic mass is 10.1. The first-order valence-electron chi connectivity index (χ1n) is 8.21. The number of aryl methyl sites for hydroxylation is 2. The van der Waals surface area contributed by atoms with E-state index >= 15 is 0 Å². The molecule has 0 unspecified atom stereocenters. The molecule has 2 aromatic rings. The molecule has 2 aromatic carbocycles. The van der Waals surface area contributed by atoms with Crippen molar-refractivity contribution in [3.8, 4) is 0 Å². The van der Waals surface area contributed by atoms with Crippen LogP contribution in [0.2, 0.25) is 5.02 Å². The molecular formula is C19H20ClNO5S. The average Bonchev–Trinajstić information content (AvgIpc) is 2.62. The highest BCUT2D eigenvalue weighted by atomic mass is 35.5. The highest BCUT2D eigenvalue weighted by Gasteiger charge is 2.22. The third-order valence-electron chi connectivity index (χ3n) is 3.85. The van der Waals surface area contributed by atoms with E-state index in [-0.39, 0.29) is 16.2 Å². The Kier molecular flexibility index (Phi) is 6.62. The quantitative estimate of drug-likeness (QED) is 0.737. The first kappa shape index (κ1) is 20.9. The number of amides is 1. The summed E-state index contributed by atoms with van der Waals surface area (Å²) < 4.78 is 29.2. The summed E-state index contributed by atoms with van der Waals surface area (Å²) in [6.07, 6.45) is 0. The Hall–Kier alpha value is -2.38. The van der Waals surface area contributed by atoms with Crippen molar-refractivity contribution in [1.82, 2.24) is 0 Å². The zero-order valence-electron chi connectivity index (χ0n) is 15.2. The van der Waals surface area contributed by atoms with E-state index in [0.717, 1.165) is 11.1 Å². The second-order valence-electron chi connectivity index (χ2n) is 5.96. The molecular weight excluding hydrogens is 390 g/mol. The maximum absolute atomic E-state index is 12.3. The van der Waals surface area contributed by atoms with Gasteiger partial charge in [0.25, 0.3) is 5.91 Å². The number of ether oxygens (including phenoxy) is 1. The van der Waals surface area contributed by atoms with Crippen molar-refractivity contribution in [2.45, 2.75) is 25.7 Å². The molecule has 0 saturated carbocycles. The van der Waals surface area contributed by atoms with Crippen molar-refractivity contribution in [1.29, 1.82) is 0 Å². The monoisotopic (exact) mass is 409 g/mol. The van der Waals surface area contributed by atoms with E-state index in [0.29, 0.717) is 10.7 Å². The van der Waals surface area contributed by atoms with Gasteiger partial charge in [-0.2, -0.15) is 0 Å². The molecule has 0 aromatic heterocycles. The summed E-state index contributed by atoms with van der Waals surface area (Å²) in [4.78, 5) is 24.3. The summed E-state index contributed by atoms with van der Waals surface area (Å²) in [7, 11) is -3.60. The molecule has 0 spiro atoms. The predicted molar refractivity (Wildman–Crippen MR) is 104 cm³/mol. The number of esters is 1. The van der Waals surface area contributed by atoms with E-state index in [1.165, 1.54) is 31.2 Å². The molecule has 0 aliphatic rings. The summed E-state index contributed by atoms with van der Waals surface area (Å²) in [5.74, 6) is -1.61. The van der Waals surface area contributed by atoms with Gasteiger partial charge in [0.05, 0.1) is 26.9 Å². The van der Waals surface area contributed by atoms with E-state index in [9.17, 15) is 18.0 Å². The molecule has 1 N–H and O–H groups in total. The summed E-state index contributed by atoms with van der Waals surface area (Å²) in [6.45, 7) is 4.60. The van der Waals surface area contributed by atoms with Crippen LogP contribution in [0.15, 0.2) is 41.3 Å². The molecule has 0 aliphatic heterocycles. The zero-order chi connectivity index (χ0) is 20.2. The summed E-state index contributed by atoms with van der Waals surface area (Å²) in [5, 5.41) is 2.98. The Morgan fingerprint density at radius 1 is 1.15 bits per heavy atom. The van der Waals surface area contributed by atoms with E-state index in [1.54, 1.807) is 13.0 Å². The predicted octanol–water partition coefficient (Wildman–Crippen LogP) is 3.55. The van der Waals surface area contributed by atoms with Crippen molar-refractivity contribution in [2.75, 3.05) is 17.7 Å². The summed E-state index contributed by atoms with van der Waals surface area (Å²) in [6, 6.07) is 9.31. The number of nitrogens with one attached hydrogen (secondary N) is 1. The smallest absolute Gasteiger partial charge is 0.339 e. The largest absolute Gasteiger partial charge is 0.452 e. The van der Waals surface area contributed by atoms with Gasteiger partial charge in [-0.3, -0.25) is 4.79 Å². The lowest BCUT2D eigenvalue weighted by Gasteiger charge is -2.12. The molecule has 6 nitrogen and oxygen atoms in total.